The molecule has 0 aliphatic carbocycles. The Labute approximate surface area is 184 Å². The first-order chi connectivity index (χ1) is 15.3. The second-order valence-corrected chi connectivity index (χ2v) is 8.36. The number of nitrogens with two attached hydrogens (primary N) is 1. The molecule has 0 unspecified atom stereocenters. The van der Waals surface area contributed by atoms with Crippen molar-refractivity contribution in [2.75, 3.05) is 12.4 Å². The van der Waals surface area contributed by atoms with Gasteiger partial charge < -0.3 is 16.4 Å². The number of guanidine groups is 1. The Hall–Kier alpha value is -4.30. The van der Waals surface area contributed by atoms with Crippen LogP contribution >= 0.6 is 0 Å². The summed E-state index contributed by atoms with van der Waals surface area (Å²) < 4.78 is 26.3. The molecule has 0 aliphatic rings. The number of nitriles is 1. The van der Waals surface area contributed by atoms with Gasteiger partial charge in [-0.1, -0.05) is 18.2 Å². The molecule has 3 aromatic rings. The number of hydrogen-bond donors (Lipinski definition) is 3. The number of aromatic nitrogens is 2. The van der Waals surface area contributed by atoms with Crippen molar-refractivity contribution in [3.05, 3.63) is 77.9 Å². The predicted octanol–water partition coefficient (Wildman–Crippen LogP) is 1.47. The molecule has 1 aromatic carbocycles. The van der Waals surface area contributed by atoms with Crippen LogP contribution in [0, 0.1) is 11.3 Å². The smallest absolute Gasteiger partial charge is 0.269 e. The number of hydrogen-bond acceptors (Lipinski definition) is 7. The second-order valence-electron chi connectivity index (χ2n) is 6.44. The summed E-state index contributed by atoms with van der Waals surface area (Å²) in [6, 6.07) is 14.1. The monoisotopic (exact) mass is 449 g/mol. The third-order valence-electron chi connectivity index (χ3n) is 4.34. The van der Waals surface area contributed by atoms with Gasteiger partial charge in [-0.25, -0.2) is 23.4 Å². The highest BCUT2D eigenvalue weighted by molar-refractivity contribution is 7.91. The van der Waals surface area contributed by atoms with E-state index in [1.54, 1.807) is 24.3 Å². The molecule has 0 bridgehead atoms. The van der Waals surface area contributed by atoms with E-state index in [4.69, 9.17) is 11.0 Å². The van der Waals surface area contributed by atoms with Gasteiger partial charge in [0.05, 0.1) is 16.3 Å². The Kier molecular flexibility index (Phi) is 6.77. The SMILES string of the molecule is CNC(=O)c1ccc(S(=O)(=O)c2ccccc2CN=C(N)Nc2ccnc(C#N)c2)cn1. The maximum atomic E-state index is 13.1. The average molecular weight is 449 g/mol. The number of carbonyl (C=O) groups excluding carboxylic acids is 1. The van der Waals surface area contributed by atoms with Gasteiger partial charge in [0.15, 0.2) is 5.96 Å². The number of nitrogens with one attached hydrogen (secondary N) is 2. The second kappa shape index (κ2) is 9.67. The van der Waals surface area contributed by atoms with E-state index in [9.17, 15) is 13.2 Å². The Morgan fingerprint density at radius 1 is 1.19 bits per heavy atom. The van der Waals surface area contributed by atoms with Gasteiger partial charge in [-0.05, 0) is 35.9 Å². The average Bonchev–Trinajstić information content (AvgIpc) is 2.82. The lowest BCUT2D eigenvalue weighted by molar-refractivity contribution is 0.0958. The normalized spacial score (nSPS) is 11.4. The molecule has 2 heterocycles. The van der Waals surface area contributed by atoms with E-state index in [1.165, 1.54) is 37.5 Å². The van der Waals surface area contributed by atoms with Crippen molar-refractivity contribution in [1.29, 1.82) is 5.26 Å². The largest absolute Gasteiger partial charge is 0.370 e. The number of aliphatic imine (C=N–C) groups is 1. The number of sulfone groups is 1. The van der Waals surface area contributed by atoms with Gasteiger partial charge in [-0.3, -0.25) is 4.79 Å². The lowest BCUT2D eigenvalue weighted by Crippen LogP contribution is -2.22. The van der Waals surface area contributed by atoms with E-state index in [-0.39, 0.29) is 33.7 Å². The molecule has 3 rings (SSSR count). The van der Waals surface area contributed by atoms with Crippen LogP contribution in [0.3, 0.4) is 0 Å². The maximum Gasteiger partial charge on any atom is 0.269 e. The summed E-state index contributed by atoms with van der Waals surface area (Å²) in [6.07, 6.45) is 2.60. The first kappa shape index (κ1) is 22.4. The minimum atomic E-state index is -3.90. The third kappa shape index (κ3) is 5.05. The molecule has 0 aliphatic heterocycles. The summed E-state index contributed by atoms with van der Waals surface area (Å²) >= 11 is 0. The number of benzene rings is 1. The molecular formula is C21H19N7O3S. The van der Waals surface area contributed by atoms with Gasteiger partial charge in [-0.15, -0.1) is 0 Å². The van der Waals surface area contributed by atoms with Crippen molar-refractivity contribution >= 4 is 27.4 Å². The molecule has 10 nitrogen and oxygen atoms in total. The Balaban J connectivity index is 1.84. The Morgan fingerprint density at radius 3 is 2.66 bits per heavy atom. The Morgan fingerprint density at radius 2 is 1.97 bits per heavy atom. The molecule has 0 spiro atoms. The quantitative estimate of drug-likeness (QED) is 0.376. The third-order valence-corrected chi connectivity index (χ3v) is 6.17. The minimum absolute atomic E-state index is 0.00577. The lowest BCUT2D eigenvalue weighted by atomic mass is 10.2. The molecule has 11 heteroatoms. The van der Waals surface area contributed by atoms with Crippen LogP contribution in [0.2, 0.25) is 0 Å². The van der Waals surface area contributed by atoms with E-state index in [0.29, 0.717) is 11.3 Å². The van der Waals surface area contributed by atoms with E-state index >= 15 is 0 Å². The van der Waals surface area contributed by atoms with Crippen LogP contribution in [0.1, 0.15) is 21.7 Å². The number of nitrogens with zero attached hydrogens (tertiary/aromatic N) is 4. The van der Waals surface area contributed by atoms with Crippen LogP contribution in [-0.4, -0.2) is 37.3 Å². The van der Waals surface area contributed by atoms with Gasteiger partial charge in [-0.2, -0.15) is 5.26 Å². The van der Waals surface area contributed by atoms with Crippen molar-refractivity contribution in [1.82, 2.24) is 15.3 Å². The van der Waals surface area contributed by atoms with Gasteiger partial charge in [0.2, 0.25) is 9.84 Å². The van der Waals surface area contributed by atoms with Crippen LogP contribution in [0.5, 0.6) is 0 Å². The highest BCUT2D eigenvalue weighted by Crippen LogP contribution is 2.24. The molecule has 0 atom stereocenters. The van der Waals surface area contributed by atoms with Crippen LogP contribution < -0.4 is 16.4 Å². The van der Waals surface area contributed by atoms with Gasteiger partial charge >= 0.3 is 0 Å². The van der Waals surface area contributed by atoms with Gasteiger partial charge in [0, 0.05) is 25.1 Å². The van der Waals surface area contributed by atoms with Crippen molar-refractivity contribution < 1.29 is 13.2 Å². The zero-order chi connectivity index (χ0) is 23.1. The molecule has 0 radical (unpaired) electrons. The topological polar surface area (TPSA) is 163 Å². The summed E-state index contributed by atoms with van der Waals surface area (Å²) in [5, 5.41) is 14.2. The summed E-state index contributed by atoms with van der Waals surface area (Å²) in [6.45, 7) is -0.00577. The molecule has 32 heavy (non-hydrogen) atoms. The van der Waals surface area contributed by atoms with Crippen LogP contribution in [0.15, 0.2) is 75.7 Å². The zero-order valence-corrected chi connectivity index (χ0v) is 17.8. The molecule has 0 fully saturated rings. The van der Waals surface area contributed by atoms with Crippen LogP contribution in [0.4, 0.5) is 5.69 Å². The molecule has 2 aromatic heterocycles. The predicted molar refractivity (Wildman–Crippen MR) is 117 cm³/mol. The van der Waals surface area contributed by atoms with Gasteiger partial charge in [0.25, 0.3) is 5.91 Å². The van der Waals surface area contributed by atoms with E-state index in [0.717, 1.165) is 6.20 Å². The molecule has 0 saturated carbocycles. The highest BCUT2D eigenvalue weighted by atomic mass is 32.2. The maximum absolute atomic E-state index is 13.1. The number of carbonyl (C=O) groups is 1. The molecule has 4 N–H and O–H groups in total. The summed E-state index contributed by atoms with van der Waals surface area (Å²) in [4.78, 5) is 23.7. The van der Waals surface area contributed by atoms with Crippen LogP contribution in [-0.2, 0) is 16.4 Å². The van der Waals surface area contributed by atoms with E-state index < -0.39 is 15.7 Å². The summed E-state index contributed by atoms with van der Waals surface area (Å²) in [5.41, 5.74) is 7.20. The fourth-order valence-corrected chi connectivity index (χ4v) is 4.18. The standard InChI is InChI=1S/C21H19N7O3S/c1-24-20(29)18-7-6-17(13-26-18)32(30,31)19-5-3-2-4-14(19)12-27-21(23)28-15-8-9-25-16(10-15)11-22/h2-10,13H,12H2,1H3,(H,24,29)(H3,23,25,27,28). The Bertz CT molecular complexity index is 1310. The molecular weight excluding hydrogens is 430 g/mol. The van der Waals surface area contributed by atoms with Gasteiger partial charge in [0.1, 0.15) is 17.5 Å². The minimum Gasteiger partial charge on any atom is -0.370 e. The highest BCUT2D eigenvalue weighted by Gasteiger charge is 2.22. The van der Waals surface area contributed by atoms with Crippen molar-refractivity contribution in [2.24, 2.45) is 10.7 Å². The number of rotatable bonds is 6. The number of anilines is 1. The first-order valence-electron chi connectivity index (χ1n) is 9.29. The van der Waals surface area contributed by atoms with E-state index in [2.05, 4.69) is 25.6 Å². The van der Waals surface area contributed by atoms with Crippen molar-refractivity contribution in [3.8, 4) is 6.07 Å². The van der Waals surface area contributed by atoms with Crippen molar-refractivity contribution in [2.45, 2.75) is 16.3 Å². The lowest BCUT2D eigenvalue weighted by Gasteiger charge is -2.10. The van der Waals surface area contributed by atoms with Crippen LogP contribution in [0.25, 0.3) is 0 Å². The fourth-order valence-electron chi connectivity index (χ4n) is 2.75. The summed E-state index contributed by atoms with van der Waals surface area (Å²) in [5.74, 6) is -0.369. The first-order valence-corrected chi connectivity index (χ1v) is 10.8. The fraction of sp³-hybridized carbons (Fsp3) is 0.0952. The molecule has 162 valence electrons. The summed E-state index contributed by atoms with van der Waals surface area (Å²) in [7, 11) is -2.44. The number of pyridine rings is 2. The van der Waals surface area contributed by atoms with E-state index in [1.807, 2.05) is 6.07 Å². The van der Waals surface area contributed by atoms with Crippen molar-refractivity contribution in [3.63, 3.8) is 0 Å². The number of amides is 1. The molecule has 1 amide bonds. The zero-order valence-electron chi connectivity index (χ0n) is 17.0. The molecule has 0 saturated heterocycles.